The predicted molar refractivity (Wildman–Crippen MR) is 82.0 cm³/mol. The van der Waals surface area contributed by atoms with Crippen LogP contribution in [0.15, 0.2) is 40.9 Å². The minimum absolute atomic E-state index is 0.311. The van der Waals surface area contributed by atoms with Crippen molar-refractivity contribution in [3.05, 3.63) is 51.7 Å². The zero-order chi connectivity index (χ0) is 13.4. The molecule has 0 aliphatic heterocycles. The highest BCUT2D eigenvalue weighted by molar-refractivity contribution is 9.10. The summed E-state index contributed by atoms with van der Waals surface area (Å²) >= 11 is 10.5. The van der Waals surface area contributed by atoms with Crippen molar-refractivity contribution in [2.75, 3.05) is 5.32 Å². The number of hydrogen-bond acceptors (Lipinski definition) is 3. The molecule has 19 heavy (non-hydrogen) atoms. The quantitative estimate of drug-likeness (QED) is 0.646. The Kier molecular flexibility index (Phi) is 3.43. The van der Waals surface area contributed by atoms with E-state index in [1.54, 1.807) is 18.2 Å². The van der Waals surface area contributed by atoms with Crippen molar-refractivity contribution in [3.63, 3.8) is 0 Å². The normalized spacial score (nSPS) is 10.9. The fourth-order valence-corrected chi connectivity index (χ4v) is 2.93. The number of halogens is 3. The molecule has 2 aromatic carbocycles. The van der Waals surface area contributed by atoms with Gasteiger partial charge in [-0.2, -0.15) is 0 Å². The lowest BCUT2D eigenvalue weighted by molar-refractivity contribution is 0.622. The van der Waals surface area contributed by atoms with Crippen molar-refractivity contribution in [1.29, 1.82) is 0 Å². The van der Waals surface area contributed by atoms with Gasteiger partial charge in [0.05, 0.1) is 14.7 Å². The van der Waals surface area contributed by atoms with Crippen LogP contribution >= 0.6 is 38.9 Å². The van der Waals surface area contributed by atoms with Gasteiger partial charge in [0.2, 0.25) is 0 Å². The number of nitrogens with zero attached hydrogens (tertiary/aromatic N) is 1. The number of nitrogens with one attached hydrogen (secondary N) is 1. The molecule has 0 aliphatic rings. The van der Waals surface area contributed by atoms with Gasteiger partial charge in [0, 0.05) is 10.7 Å². The Morgan fingerprint density at radius 1 is 1.21 bits per heavy atom. The lowest BCUT2D eigenvalue weighted by Gasteiger charge is -2.02. The van der Waals surface area contributed by atoms with Crippen LogP contribution in [0, 0.1) is 5.82 Å². The molecule has 0 unspecified atom stereocenters. The molecule has 0 atom stereocenters. The SMILES string of the molecule is Fc1cc(Nc2nc3cc(Cl)ccc3s2)ccc1Br. The summed E-state index contributed by atoms with van der Waals surface area (Å²) in [5, 5.41) is 4.44. The highest BCUT2D eigenvalue weighted by Gasteiger charge is 2.06. The highest BCUT2D eigenvalue weighted by Crippen LogP contribution is 2.30. The maximum Gasteiger partial charge on any atom is 0.188 e. The van der Waals surface area contributed by atoms with Crippen molar-refractivity contribution in [1.82, 2.24) is 4.98 Å². The standard InChI is InChI=1S/C13H7BrClFN2S/c14-9-3-2-8(6-10(9)16)17-13-18-11-5-7(15)1-4-12(11)19-13/h1-6H,(H,17,18). The minimum Gasteiger partial charge on any atom is -0.331 e. The van der Waals surface area contributed by atoms with E-state index in [4.69, 9.17) is 11.6 Å². The number of hydrogen-bond donors (Lipinski definition) is 1. The number of rotatable bonds is 2. The maximum absolute atomic E-state index is 13.4. The molecule has 0 fully saturated rings. The second kappa shape index (κ2) is 5.07. The Morgan fingerprint density at radius 3 is 2.84 bits per heavy atom. The summed E-state index contributed by atoms with van der Waals surface area (Å²) in [6.07, 6.45) is 0. The lowest BCUT2D eigenvalue weighted by atomic mass is 10.3. The smallest absolute Gasteiger partial charge is 0.188 e. The first kappa shape index (κ1) is 12.8. The summed E-state index contributed by atoms with van der Waals surface area (Å²) in [5.41, 5.74) is 1.49. The van der Waals surface area contributed by atoms with E-state index < -0.39 is 0 Å². The molecule has 6 heteroatoms. The first-order valence-corrected chi connectivity index (χ1v) is 7.39. The summed E-state index contributed by atoms with van der Waals surface area (Å²) in [4.78, 5) is 4.41. The summed E-state index contributed by atoms with van der Waals surface area (Å²) in [6, 6.07) is 10.4. The van der Waals surface area contributed by atoms with Crippen molar-refractivity contribution < 1.29 is 4.39 Å². The second-order valence-electron chi connectivity index (χ2n) is 3.88. The first-order valence-electron chi connectivity index (χ1n) is 5.40. The average molecular weight is 358 g/mol. The van der Waals surface area contributed by atoms with Gasteiger partial charge in [-0.05, 0) is 52.3 Å². The molecule has 0 spiro atoms. The third-order valence-electron chi connectivity index (χ3n) is 2.52. The van der Waals surface area contributed by atoms with E-state index in [2.05, 4.69) is 26.2 Å². The van der Waals surface area contributed by atoms with Crippen LogP contribution in [0.4, 0.5) is 15.2 Å². The zero-order valence-electron chi connectivity index (χ0n) is 9.45. The average Bonchev–Trinajstić information content (AvgIpc) is 2.75. The molecule has 1 aromatic heterocycles. The molecule has 0 saturated carbocycles. The summed E-state index contributed by atoms with van der Waals surface area (Å²) < 4.78 is 14.9. The van der Waals surface area contributed by atoms with E-state index in [0.717, 1.165) is 10.2 Å². The van der Waals surface area contributed by atoms with Gasteiger partial charge < -0.3 is 5.32 Å². The molecule has 0 saturated heterocycles. The van der Waals surface area contributed by atoms with Gasteiger partial charge in [0.1, 0.15) is 5.82 Å². The van der Waals surface area contributed by atoms with Crippen LogP contribution in [-0.4, -0.2) is 4.98 Å². The Hall–Kier alpha value is -1.17. The van der Waals surface area contributed by atoms with Crippen molar-refractivity contribution in [2.45, 2.75) is 0 Å². The van der Waals surface area contributed by atoms with Crippen LogP contribution in [0.1, 0.15) is 0 Å². The summed E-state index contributed by atoms with van der Waals surface area (Å²) in [5.74, 6) is -0.311. The van der Waals surface area contributed by atoms with Gasteiger partial charge in [-0.3, -0.25) is 0 Å². The van der Waals surface area contributed by atoms with Crippen molar-refractivity contribution >= 4 is 59.9 Å². The zero-order valence-corrected chi connectivity index (χ0v) is 12.6. The largest absolute Gasteiger partial charge is 0.331 e. The minimum atomic E-state index is -0.311. The van der Waals surface area contributed by atoms with E-state index in [1.807, 2.05) is 12.1 Å². The van der Waals surface area contributed by atoms with Crippen LogP contribution < -0.4 is 5.32 Å². The Morgan fingerprint density at radius 2 is 2.05 bits per heavy atom. The van der Waals surface area contributed by atoms with Gasteiger partial charge in [-0.15, -0.1) is 0 Å². The van der Waals surface area contributed by atoms with Crippen LogP contribution in [-0.2, 0) is 0 Å². The molecule has 0 bridgehead atoms. The fourth-order valence-electron chi connectivity index (χ4n) is 1.65. The number of thiazole rings is 1. The molecule has 2 nitrogen and oxygen atoms in total. The molecule has 0 aliphatic carbocycles. The molecule has 96 valence electrons. The molecular formula is C13H7BrClFN2S. The molecular weight excluding hydrogens is 351 g/mol. The lowest BCUT2D eigenvalue weighted by Crippen LogP contribution is -1.90. The van der Waals surface area contributed by atoms with Gasteiger partial charge in [0.25, 0.3) is 0 Å². The van der Waals surface area contributed by atoms with Gasteiger partial charge in [0.15, 0.2) is 5.13 Å². The topological polar surface area (TPSA) is 24.9 Å². The Labute approximate surface area is 126 Å². The van der Waals surface area contributed by atoms with E-state index in [-0.39, 0.29) is 5.82 Å². The summed E-state index contributed by atoms with van der Waals surface area (Å²) in [7, 11) is 0. The Balaban J connectivity index is 1.94. The van der Waals surface area contributed by atoms with E-state index in [9.17, 15) is 4.39 Å². The Bertz CT molecular complexity index is 759. The number of benzene rings is 2. The fraction of sp³-hybridized carbons (Fsp3) is 0. The van der Waals surface area contributed by atoms with Crippen LogP contribution in [0.5, 0.6) is 0 Å². The van der Waals surface area contributed by atoms with E-state index in [1.165, 1.54) is 17.4 Å². The van der Waals surface area contributed by atoms with Crippen LogP contribution in [0.25, 0.3) is 10.2 Å². The number of fused-ring (bicyclic) bond motifs is 1. The van der Waals surface area contributed by atoms with Crippen molar-refractivity contribution in [3.8, 4) is 0 Å². The molecule has 3 rings (SSSR count). The first-order chi connectivity index (χ1) is 9.11. The third-order valence-corrected chi connectivity index (χ3v) is 4.35. The van der Waals surface area contributed by atoms with Gasteiger partial charge in [-0.1, -0.05) is 22.9 Å². The number of aromatic nitrogens is 1. The monoisotopic (exact) mass is 356 g/mol. The molecule has 3 aromatic rings. The summed E-state index contributed by atoms with van der Waals surface area (Å²) in [6.45, 7) is 0. The predicted octanol–water partition coefficient (Wildman–Crippen LogP) is 5.59. The molecule has 1 heterocycles. The van der Waals surface area contributed by atoms with Gasteiger partial charge in [-0.25, -0.2) is 9.37 Å². The van der Waals surface area contributed by atoms with Gasteiger partial charge >= 0.3 is 0 Å². The molecule has 0 radical (unpaired) electrons. The van der Waals surface area contributed by atoms with Crippen molar-refractivity contribution in [2.24, 2.45) is 0 Å². The van der Waals surface area contributed by atoms with Crippen LogP contribution in [0.3, 0.4) is 0 Å². The number of anilines is 2. The molecule has 0 amide bonds. The van der Waals surface area contributed by atoms with E-state index in [0.29, 0.717) is 20.3 Å². The maximum atomic E-state index is 13.4. The third kappa shape index (κ3) is 2.73. The van der Waals surface area contributed by atoms with Crippen LogP contribution in [0.2, 0.25) is 5.02 Å². The second-order valence-corrected chi connectivity index (χ2v) is 6.21. The molecule has 1 N–H and O–H groups in total. The van der Waals surface area contributed by atoms with E-state index >= 15 is 0 Å². The highest BCUT2D eigenvalue weighted by atomic mass is 79.9.